The molecule has 3 rings (SSSR count). The van der Waals surface area contributed by atoms with E-state index in [9.17, 15) is 4.79 Å². The van der Waals surface area contributed by atoms with Crippen molar-refractivity contribution in [1.82, 2.24) is 4.90 Å². The third-order valence-electron chi connectivity index (χ3n) is 3.93. The van der Waals surface area contributed by atoms with Gasteiger partial charge in [-0.15, -0.1) is 0 Å². The van der Waals surface area contributed by atoms with Crippen LogP contribution < -0.4 is 0 Å². The highest BCUT2D eigenvalue weighted by molar-refractivity contribution is 5.98. The normalized spacial score (nSPS) is 15.3. The van der Waals surface area contributed by atoms with E-state index in [0.717, 1.165) is 36.0 Å². The molecule has 0 saturated heterocycles. The van der Waals surface area contributed by atoms with Crippen LogP contribution in [0.3, 0.4) is 0 Å². The van der Waals surface area contributed by atoms with Crippen LogP contribution in [0, 0.1) is 6.92 Å². The van der Waals surface area contributed by atoms with Crippen LogP contribution in [-0.4, -0.2) is 31.1 Å². The predicted octanol–water partition coefficient (Wildman–Crippen LogP) is 2.91. The van der Waals surface area contributed by atoms with Gasteiger partial charge >= 0.3 is 5.97 Å². The minimum atomic E-state index is -0.363. The van der Waals surface area contributed by atoms with Crippen molar-refractivity contribution < 1.29 is 13.9 Å². The van der Waals surface area contributed by atoms with Crippen molar-refractivity contribution in [3.05, 3.63) is 34.6 Å². The van der Waals surface area contributed by atoms with Crippen LogP contribution in [0.4, 0.5) is 0 Å². The lowest BCUT2D eigenvalue weighted by molar-refractivity contribution is 0.0489. The van der Waals surface area contributed by atoms with Gasteiger partial charge in [0.15, 0.2) is 0 Å². The molecule has 4 heteroatoms. The number of carbonyl (C=O) groups excluding carboxylic acids is 1. The number of furan rings is 1. The summed E-state index contributed by atoms with van der Waals surface area (Å²) >= 11 is 0. The standard InChI is InChI=1S/C16H19NO3/c1-4-19-16(18)15-12-9-17(3)8-7-11-10(2)5-6-13(20-15)14(11)12/h5-6H,4,7-9H2,1-3H3. The van der Waals surface area contributed by atoms with Crippen LogP contribution >= 0.6 is 0 Å². The molecule has 1 aliphatic heterocycles. The molecular weight excluding hydrogens is 254 g/mol. The van der Waals surface area contributed by atoms with E-state index in [1.165, 1.54) is 11.1 Å². The van der Waals surface area contributed by atoms with Crippen LogP contribution in [0.5, 0.6) is 0 Å². The lowest BCUT2D eigenvalue weighted by Gasteiger charge is -2.13. The Labute approximate surface area is 118 Å². The lowest BCUT2D eigenvalue weighted by atomic mass is 9.99. The highest BCUT2D eigenvalue weighted by Crippen LogP contribution is 2.34. The molecule has 0 spiro atoms. The van der Waals surface area contributed by atoms with E-state index in [4.69, 9.17) is 9.15 Å². The third-order valence-corrected chi connectivity index (χ3v) is 3.93. The van der Waals surface area contributed by atoms with Crippen molar-refractivity contribution in [3.63, 3.8) is 0 Å². The van der Waals surface area contributed by atoms with Crippen LogP contribution in [0.2, 0.25) is 0 Å². The van der Waals surface area contributed by atoms with Gasteiger partial charge in [0.2, 0.25) is 5.76 Å². The van der Waals surface area contributed by atoms with Crippen molar-refractivity contribution in [2.45, 2.75) is 26.8 Å². The Morgan fingerprint density at radius 1 is 1.40 bits per heavy atom. The van der Waals surface area contributed by atoms with E-state index >= 15 is 0 Å². The number of ether oxygens (including phenoxy) is 1. The fourth-order valence-electron chi connectivity index (χ4n) is 2.92. The molecule has 0 aliphatic carbocycles. The Balaban J connectivity index is 2.25. The van der Waals surface area contributed by atoms with E-state index < -0.39 is 0 Å². The molecule has 0 saturated carbocycles. The zero-order valence-corrected chi connectivity index (χ0v) is 12.2. The molecule has 0 unspecified atom stereocenters. The van der Waals surface area contributed by atoms with E-state index in [1.54, 1.807) is 6.92 Å². The summed E-state index contributed by atoms with van der Waals surface area (Å²) in [5, 5.41) is 1.11. The zero-order chi connectivity index (χ0) is 14.3. The van der Waals surface area contributed by atoms with Gasteiger partial charge in [-0.1, -0.05) is 6.07 Å². The van der Waals surface area contributed by atoms with Crippen molar-refractivity contribution in [3.8, 4) is 0 Å². The van der Waals surface area contributed by atoms with Gasteiger partial charge in [0, 0.05) is 24.0 Å². The van der Waals surface area contributed by atoms with E-state index in [2.05, 4.69) is 24.9 Å². The molecule has 0 radical (unpaired) electrons. The topological polar surface area (TPSA) is 42.7 Å². The number of nitrogens with zero attached hydrogens (tertiary/aromatic N) is 1. The van der Waals surface area contributed by atoms with Crippen molar-refractivity contribution >= 4 is 16.9 Å². The number of rotatable bonds is 2. The van der Waals surface area contributed by atoms with Crippen molar-refractivity contribution in [2.24, 2.45) is 0 Å². The summed E-state index contributed by atoms with van der Waals surface area (Å²) in [6, 6.07) is 4.01. The van der Waals surface area contributed by atoms with Crippen LogP contribution in [-0.2, 0) is 17.7 Å². The third kappa shape index (κ3) is 2.00. The van der Waals surface area contributed by atoms with Gasteiger partial charge in [0.05, 0.1) is 6.61 Å². The van der Waals surface area contributed by atoms with Gasteiger partial charge in [-0.05, 0) is 44.5 Å². The lowest BCUT2D eigenvalue weighted by Crippen LogP contribution is -2.20. The number of hydrogen-bond donors (Lipinski definition) is 0. The Morgan fingerprint density at radius 3 is 2.95 bits per heavy atom. The van der Waals surface area contributed by atoms with Gasteiger partial charge in [0.1, 0.15) is 5.58 Å². The summed E-state index contributed by atoms with van der Waals surface area (Å²) in [6.07, 6.45) is 0.981. The fourth-order valence-corrected chi connectivity index (χ4v) is 2.92. The Bertz CT molecular complexity index is 672. The van der Waals surface area contributed by atoms with Gasteiger partial charge in [0.25, 0.3) is 0 Å². The number of carbonyl (C=O) groups is 1. The average molecular weight is 273 g/mol. The first kappa shape index (κ1) is 13.2. The van der Waals surface area contributed by atoms with E-state index in [1.807, 2.05) is 6.07 Å². The fraction of sp³-hybridized carbons (Fsp3) is 0.438. The monoisotopic (exact) mass is 273 g/mol. The van der Waals surface area contributed by atoms with E-state index in [-0.39, 0.29) is 5.97 Å². The summed E-state index contributed by atoms with van der Waals surface area (Å²) in [5.74, 6) is 0.0000491. The molecule has 0 amide bonds. The molecule has 20 heavy (non-hydrogen) atoms. The maximum atomic E-state index is 12.1. The number of esters is 1. The first-order chi connectivity index (χ1) is 9.61. The van der Waals surface area contributed by atoms with Crippen molar-refractivity contribution in [1.29, 1.82) is 0 Å². The molecule has 1 aromatic heterocycles. The molecule has 0 fully saturated rings. The highest BCUT2D eigenvalue weighted by atomic mass is 16.5. The number of hydrogen-bond acceptors (Lipinski definition) is 4. The average Bonchev–Trinajstić information content (AvgIpc) is 2.67. The molecule has 2 aromatic rings. The minimum Gasteiger partial charge on any atom is -0.460 e. The van der Waals surface area contributed by atoms with Gasteiger partial charge in [-0.2, -0.15) is 0 Å². The zero-order valence-electron chi connectivity index (χ0n) is 12.2. The second-order valence-electron chi connectivity index (χ2n) is 5.35. The summed E-state index contributed by atoms with van der Waals surface area (Å²) in [7, 11) is 2.06. The summed E-state index contributed by atoms with van der Waals surface area (Å²) in [5.41, 5.74) is 4.31. The molecule has 1 aliphatic rings. The second-order valence-corrected chi connectivity index (χ2v) is 5.35. The molecule has 2 heterocycles. The molecule has 106 valence electrons. The van der Waals surface area contributed by atoms with Crippen LogP contribution in [0.25, 0.3) is 11.0 Å². The molecule has 0 N–H and O–H groups in total. The van der Waals surface area contributed by atoms with Gasteiger partial charge < -0.3 is 14.1 Å². The maximum Gasteiger partial charge on any atom is 0.374 e. The Morgan fingerprint density at radius 2 is 2.20 bits per heavy atom. The van der Waals surface area contributed by atoms with Crippen LogP contribution in [0.15, 0.2) is 16.5 Å². The summed E-state index contributed by atoms with van der Waals surface area (Å²) in [4.78, 5) is 14.3. The van der Waals surface area contributed by atoms with Gasteiger partial charge in [-0.3, -0.25) is 0 Å². The first-order valence-electron chi connectivity index (χ1n) is 7.01. The molecule has 0 bridgehead atoms. The molecule has 4 nitrogen and oxygen atoms in total. The Hall–Kier alpha value is -1.81. The van der Waals surface area contributed by atoms with Crippen molar-refractivity contribution in [2.75, 3.05) is 20.2 Å². The Kier molecular flexibility index (Phi) is 3.26. The highest BCUT2D eigenvalue weighted by Gasteiger charge is 2.26. The molecule has 0 atom stereocenters. The quantitative estimate of drug-likeness (QED) is 0.789. The number of likely N-dealkylation sites (N-methyl/N-ethyl adjacent to an activating group) is 1. The first-order valence-corrected chi connectivity index (χ1v) is 7.01. The SMILES string of the molecule is CCOC(=O)c1oc2ccc(C)c3c2c1CN(C)CC3. The number of aryl methyl sites for hydroxylation is 1. The predicted molar refractivity (Wildman–Crippen MR) is 76.9 cm³/mol. The summed E-state index contributed by atoms with van der Waals surface area (Å²) in [6.45, 7) is 5.98. The number of benzene rings is 1. The van der Waals surface area contributed by atoms with Gasteiger partial charge in [-0.25, -0.2) is 4.79 Å². The van der Waals surface area contributed by atoms with E-state index in [0.29, 0.717) is 12.4 Å². The second kappa shape index (κ2) is 4.94. The molecular formula is C16H19NO3. The maximum absolute atomic E-state index is 12.1. The molecule has 1 aromatic carbocycles. The summed E-state index contributed by atoms with van der Waals surface area (Å²) < 4.78 is 10.9. The van der Waals surface area contributed by atoms with Crippen LogP contribution in [0.1, 0.15) is 34.2 Å². The smallest absolute Gasteiger partial charge is 0.374 e. The minimum absolute atomic E-state index is 0.358. The largest absolute Gasteiger partial charge is 0.460 e.